The van der Waals surface area contributed by atoms with Crippen molar-refractivity contribution >= 4 is 22.6 Å². The molecule has 0 saturated heterocycles. The van der Waals surface area contributed by atoms with Crippen LogP contribution < -0.4 is 10.9 Å². The molecule has 1 atom stereocenters. The van der Waals surface area contributed by atoms with Gasteiger partial charge < -0.3 is 10.1 Å². The fourth-order valence-corrected chi connectivity index (χ4v) is 3.91. The minimum atomic E-state index is -0.955. The highest BCUT2D eigenvalue weighted by Gasteiger charge is 2.25. The summed E-state index contributed by atoms with van der Waals surface area (Å²) in [5.74, 6) is -1.05. The molecule has 2 aromatic carbocycles. The van der Waals surface area contributed by atoms with Crippen molar-refractivity contribution < 1.29 is 14.3 Å². The number of aromatic nitrogens is 2. The molecule has 7 heteroatoms. The summed E-state index contributed by atoms with van der Waals surface area (Å²) < 4.78 is 6.69. The third-order valence-corrected chi connectivity index (χ3v) is 5.59. The maximum Gasteiger partial charge on any atom is 0.360 e. The first-order valence-electron chi connectivity index (χ1n) is 10.6. The average molecular weight is 419 g/mol. The quantitative estimate of drug-likeness (QED) is 0.620. The van der Waals surface area contributed by atoms with E-state index in [4.69, 9.17) is 4.74 Å². The Morgan fingerprint density at radius 3 is 2.42 bits per heavy atom. The SMILES string of the molecule is CC(OC(=O)c1nn(Cc2ccccc2)c(=O)c2ccccc12)C(=O)NC1CCCC1. The number of hydrogen-bond acceptors (Lipinski definition) is 5. The number of nitrogens with one attached hydrogen (secondary N) is 1. The Hall–Kier alpha value is -3.48. The fraction of sp³-hybridized carbons (Fsp3) is 0.333. The Balaban J connectivity index is 1.61. The van der Waals surface area contributed by atoms with E-state index in [1.165, 1.54) is 4.68 Å². The van der Waals surface area contributed by atoms with Gasteiger partial charge in [-0.25, -0.2) is 9.48 Å². The maximum absolute atomic E-state index is 12.9. The zero-order valence-electron chi connectivity index (χ0n) is 17.4. The van der Waals surface area contributed by atoms with Gasteiger partial charge in [0.1, 0.15) is 0 Å². The van der Waals surface area contributed by atoms with E-state index in [0.717, 1.165) is 31.2 Å². The van der Waals surface area contributed by atoms with E-state index in [0.29, 0.717) is 10.8 Å². The smallest absolute Gasteiger partial charge is 0.360 e. The van der Waals surface area contributed by atoms with Crippen molar-refractivity contribution in [1.82, 2.24) is 15.1 Å². The van der Waals surface area contributed by atoms with Crippen LogP contribution in [0.2, 0.25) is 0 Å². The molecule has 0 spiro atoms. The molecule has 0 aliphatic heterocycles. The van der Waals surface area contributed by atoms with Gasteiger partial charge in [0.15, 0.2) is 11.8 Å². The highest BCUT2D eigenvalue weighted by atomic mass is 16.5. The van der Waals surface area contributed by atoms with Crippen LogP contribution >= 0.6 is 0 Å². The third kappa shape index (κ3) is 4.66. The molecule has 1 heterocycles. The number of carbonyl (C=O) groups is 2. The van der Waals surface area contributed by atoms with Crippen molar-refractivity contribution in [3.8, 4) is 0 Å². The van der Waals surface area contributed by atoms with Gasteiger partial charge in [-0.2, -0.15) is 5.10 Å². The first-order valence-corrected chi connectivity index (χ1v) is 10.6. The Labute approximate surface area is 180 Å². The number of hydrogen-bond donors (Lipinski definition) is 1. The molecular weight excluding hydrogens is 394 g/mol. The summed E-state index contributed by atoms with van der Waals surface area (Å²) in [5.41, 5.74) is 0.616. The second-order valence-corrected chi connectivity index (χ2v) is 7.88. The summed E-state index contributed by atoms with van der Waals surface area (Å²) in [6.45, 7) is 1.77. The van der Waals surface area contributed by atoms with Crippen molar-refractivity contribution in [1.29, 1.82) is 0 Å². The van der Waals surface area contributed by atoms with Crippen LogP contribution in [0.4, 0.5) is 0 Å². The number of nitrogens with zero attached hydrogens (tertiary/aromatic N) is 2. The van der Waals surface area contributed by atoms with Crippen molar-refractivity contribution in [3.05, 3.63) is 76.2 Å². The van der Waals surface area contributed by atoms with Gasteiger partial charge in [-0.1, -0.05) is 61.4 Å². The van der Waals surface area contributed by atoms with Crippen LogP contribution in [0.3, 0.4) is 0 Å². The largest absolute Gasteiger partial charge is 0.448 e. The van der Waals surface area contributed by atoms with E-state index in [9.17, 15) is 14.4 Å². The molecule has 1 fully saturated rings. The number of ether oxygens (including phenoxy) is 1. The summed E-state index contributed by atoms with van der Waals surface area (Å²) in [6.07, 6.45) is 3.13. The van der Waals surface area contributed by atoms with Crippen LogP contribution in [-0.4, -0.2) is 33.8 Å². The van der Waals surface area contributed by atoms with Gasteiger partial charge in [0.25, 0.3) is 11.5 Å². The molecule has 1 aliphatic carbocycles. The highest BCUT2D eigenvalue weighted by Crippen LogP contribution is 2.19. The molecule has 1 saturated carbocycles. The van der Waals surface area contributed by atoms with Crippen LogP contribution in [0.15, 0.2) is 59.4 Å². The number of esters is 1. The molecule has 7 nitrogen and oxygen atoms in total. The number of benzene rings is 2. The number of fused-ring (bicyclic) bond motifs is 1. The summed E-state index contributed by atoms with van der Waals surface area (Å²) in [7, 11) is 0. The summed E-state index contributed by atoms with van der Waals surface area (Å²) >= 11 is 0. The van der Waals surface area contributed by atoms with Gasteiger partial charge in [-0.15, -0.1) is 0 Å². The number of amides is 1. The Morgan fingerprint density at radius 1 is 1.06 bits per heavy atom. The standard InChI is InChI=1S/C24H25N3O4/c1-16(22(28)25-18-11-5-6-12-18)31-24(30)21-19-13-7-8-14-20(19)23(29)27(26-21)15-17-9-3-2-4-10-17/h2-4,7-10,13-14,16,18H,5-6,11-12,15H2,1H3,(H,25,28). The first kappa shape index (κ1) is 20.8. The molecule has 0 radical (unpaired) electrons. The number of carbonyl (C=O) groups excluding carboxylic acids is 2. The van der Waals surface area contributed by atoms with E-state index in [1.807, 2.05) is 30.3 Å². The Morgan fingerprint density at radius 2 is 1.71 bits per heavy atom. The average Bonchev–Trinajstić information content (AvgIpc) is 3.29. The van der Waals surface area contributed by atoms with Crippen LogP contribution in [-0.2, 0) is 16.1 Å². The van der Waals surface area contributed by atoms with Crippen molar-refractivity contribution in [2.75, 3.05) is 0 Å². The predicted octanol–water partition coefficient (Wildman–Crippen LogP) is 3.05. The number of rotatable bonds is 6. The van der Waals surface area contributed by atoms with Gasteiger partial charge in [0.2, 0.25) is 0 Å². The summed E-state index contributed by atoms with van der Waals surface area (Å²) in [5, 5.41) is 8.03. The third-order valence-electron chi connectivity index (χ3n) is 5.59. The Kier molecular flexibility index (Phi) is 6.11. The molecule has 3 aromatic rings. The molecule has 1 amide bonds. The zero-order chi connectivity index (χ0) is 21.8. The minimum absolute atomic E-state index is 0.0200. The van der Waals surface area contributed by atoms with Gasteiger partial charge >= 0.3 is 5.97 Å². The molecular formula is C24H25N3O4. The van der Waals surface area contributed by atoms with Crippen molar-refractivity contribution in [3.63, 3.8) is 0 Å². The highest BCUT2D eigenvalue weighted by molar-refractivity contribution is 6.02. The zero-order valence-corrected chi connectivity index (χ0v) is 17.4. The first-order chi connectivity index (χ1) is 15.0. The van der Waals surface area contributed by atoms with Crippen LogP contribution in [0.1, 0.15) is 48.7 Å². The Bertz CT molecular complexity index is 1150. The van der Waals surface area contributed by atoms with Gasteiger partial charge in [0, 0.05) is 11.4 Å². The van der Waals surface area contributed by atoms with E-state index in [1.54, 1.807) is 31.2 Å². The topological polar surface area (TPSA) is 90.3 Å². The summed E-state index contributed by atoms with van der Waals surface area (Å²) in [6, 6.07) is 16.4. The van der Waals surface area contributed by atoms with Gasteiger partial charge in [-0.05, 0) is 31.4 Å². The molecule has 0 bridgehead atoms. The minimum Gasteiger partial charge on any atom is -0.448 e. The molecule has 1 unspecified atom stereocenters. The summed E-state index contributed by atoms with van der Waals surface area (Å²) in [4.78, 5) is 38.3. The molecule has 1 aliphatic rings. The lowest BCUT2D eigenvalue weighted by molar-refractivity contribution is -0.129. The van der Waals surface area contributed by atoms with E-state index in [2.05, 4.69) is 10.4 Å². The van der Waals surface area contributed by atoms with Gasteiger partial charge in [-0.3, -0.25) is 9.59 Å². The monoisotopic (exact) mass is 419 g/mol. The lowest BCUT2D eigenvalue weighted by Gasteiger charge is -2.17. The van der Waals surface area contributed by atoms with Crippen molar-refractivity contribution in [2.24, 2.45) is 0 Å². The van der Waals surface area contributed by atoms with Gasteiger partial charge in [0.05, 0.1) is 11.9 Å². The predicted molar refractivity (Wildman–Crippen MR) is 117 cm³/mol. The van der Waals surface area contributed by atoms with E-state index in [-0.39, 0.29) is 29.7 Å². The van der Waals surface area contributed by atoms with E-state index < -0.39 is 12.1 Å². The second kappa shape index (κ2) is 9.12. The van der Waals surface area contributed by atoms with Crippen LogP contribution in [0, 0.1) is 0 Å². The normalized spacial score (nSPS) is 15.0. The fourth-order valence-electron chi connectivity index (χ4n) is 3.91. The van der Waals surface area contributed by atoms with Crippen LogP contribution in [0.5, 0.6) is 0 Å². The van der Waals surface area contributed by atoms with Crippen LogP contribution in [0.25, 0.3) is 10.8 Å². The molecule has 160 valence electrons. The lowest BCUT2D eigenvalue weighted by atomic mass is 10.1. The second-order valence-electron chi connectivity index (χ2n) is 7.88. The maximum atomic E-state index is 12.9. The molecule has 1 N–H and O–H groups in total. The molecule has 31 heavy (non-hydrogen) atoms. The lowest BCUT2D eigenvalue weighted by Crippen LogP contribution is -2.41. The van der Waals surface area contributed by atoms with Crippen molar-refractivity contribution in [2.45, 2.75) is 51.3 Å². The molecule has 1 aromatic heterocycles. The molecule has 4 rings (SSSR count). The van der Waals surface area contributed by atoms with E-state index >= 15 is 0 Å².